The maximum atomic E-state index is 12.1. The van der Waals surface area contributed by atoms with Crippen molar-refractivity contribution in [1.29, 1.82) is 0 Å². The molecule has 1 atom stereocenters. The lowest BCUT2D eigenvalue weighted by Crippen LogP contribution is -2.54. The highest BCUT2D eigenvalue weighted by molar-refractivity contribution is 5.92. The number of amides is 1. The molecule has 1 aromatic rings. The number of aliphatic hydroxyl groups is 1. The fourth-order valence-corrected chi connectivity index (χ4v) is 3.04. The van der Waals surface area contributed by atoms with Gasteiger partial charge in [0.05, 0.1) is 17.8 Å². The summed E-state index contributed by atoms with van der Waals surface area (Å²) in [6.45, 7) is 1.92. The summed E-state index contributed by atoms with van der Waals surface area (Å²) in [6.07, 6.45) is 10.7. The van der Waals surface area contributed by atoms with Crippen LogP contribution >= 0.6 is 0 Å². The summed E-state index contributed by atoms with van der Waals surface area (Å²) >= 11 is 0. The van der Waals surface area contributed by atoms with Crippen molar-refractivity contribution >= 4 is 12.0 Å². The Kier molecular flexibility index (Phi) is 5.17. The molecular weight excluding hydrogens is 266 g/mol. The molecule has 0 spiro atoms. The van der Waals surface area contributed by atoms with Crippen LogP contribution in [0.5, 0.6) is 0 Å². The Bertz CT molecular complexity index is 503. The maximum Gasteiger partial charge on any atom is 0.244 e. The summed E-state index contributed by atoms with van der Waals surface area (Å²) in [6, 6.07) is 1.84. The molecule has 1 fully saturated rings. The molecule has 1 heterocycles. The van der Waals surface area contributed by atoms with Gasteiger partial charge in [-0.25, -0.2) is 0 Å². The first-order valence-electron chi connectivity index (χ1n) is 7.64. The molecule has 0 aromatic carbocycles. The van der Waals surface area contributed by atoms with E-state index in [-0.39, 0.29) is 12.5 Å². The molecule has 2 N–H and O–H groups in total. The van der Waals surface area contributed by atoms with Gasteiger partial charge in [0.2, 0.25) is 5.91 Å². The Labute approximate surface area is 126 Å². The number of hydrogen-bond donors (Lipinski definition) is 2. The van der Waals surface area contributed by atoms with Crippen LogP contribution in [-0.2, 0) is 11.8 Å². The molecule has 1 aliphatic carbocycles. The molecule has 0 bridgehead atoms. The first-order valence-corrected chi connectivity index (χ1v) is 7.64. The van der Waals surface area contributed by atoms with Crippen LogP contribution in [0.3, 0.4) is 0 Å². The van der Waals surface area contributed by atoms with Crippen molar-refractivity contribution in [2.75, 3.05) is 6.61 Å². The molecule has 2 rings (SSSR count). The van der Waals surface area contributed by atoms with Gasteiger partial charge in [0, 0.05) is 19.3 Å². The quantitative estimate of drug-likeness (QED) is 0.814. The van der Waals surface area contributed by atoms with Crippen molar-refractivity contribution < 1.29 is 9.90 Å². The van der Waals surface area contributed by atoms with Crippen LogP contribution in [0.15, 0.2) is 18.3 Å². The zero-order valence-electron chi connectivity index (χ0n) is 12.9. The van der Waals surface area contributed by atoms with E-state index in [1.54, 1.807) is 17.0 Å². The predicted octanol–water partition coefficient (Wildman–Crippen LogP) is 1.88. The molecule has 0 unspecified atom stereocenters. The first kappa shape index (κ1) is 15.8. The van der Waals surface area contributed by atoms with Gasteiger partial charge < -0.3 is 10.4 Å². The third-order valence-corrected chi connectivity index (χ3v) is 4.51. The molecule has 1 amide bonds. The van der Waals surface area contributed by atoms with Crippen molar-refractivity contribution in [3.8, 4) is 0 Å². The summed E-state index contributed by atoms with van der Waals surface area (Å²) in [5, 5.41) is 16.8. The van der Waals surface area contributed by atoms with Gasteiger partial charge in [0.15, 0.2) is 0 Å². The second-order valence-corrected chi connectivity index (χ2v) is 6.11. The summed E-state index contributed by atoms with van der Waals surface area (Å²) in [5.41, 5.74) is 0.336. The van der Waals surface area contributed by atoms with Crippen LogP contribution in [0, 0.1) is 5.92 Å². The number of aliphatic hydroxyl groups excluding tert-OH is 1. The molecule has 5 heteroatoms. The Morgan fingerprint density at radius 2 is 2.24 bits per heavy atom. The Hall–Kier alpha value is -1.62. The van der Waals surface area contributed by atoms with Gasteiger partial charge in [-0.2, -0.15) is 5.10 Å². The van der Waals surface area contributed by atoms with E-state index in [1.165, 1.54) is 25.3 Å². The van der Waals surface area contributed by atoms with E-state index in [0.29, 0.717) is 5.92 Å². The lowest BCUT2D eigenvalue weighted by molar-refractivity contribution is -0.119. The van der Waals surface area contributed by atoms with E-state index in [2.05, 4.69) is 10.4 Å². The Morgan fingerprint density at radius 3 is 2.81 bits per heavy atom. The van der Waals surface area contributed by atoms with E-state index in [9.17, 15) is 9.90 Å². The summed E-state index contributed by atoms with van der Waals surface area (Å²) < 4.78 is 1.70. The highest BCUT2D eigenvalue weighted by Crippen LogP contribution is 2.32. The van der Waals surface area contributed by atoms with Gasteiger partial charge in [-0.05, 0) is 37.8 Å². The molecule has 5 nitrogen and oxygen atoms in total. The normalized spacial score (nSPS) is 19.6. The number of hydrogen-bond acceptors (Lipinski definition) is 3. The number of carbonyl (C=O) groups excluding carboxylic acids is 1. The van der Waals surface area contributed by atoms with Crippen LogP contribution < -0.4 is 5.32 Å². The molecule has 1 saturated carbocycles. The second-order valence-electron chi connectivity index (χ2n) is 6.11. The van der Waals surface area contributed by atoms with Crippen molar-refractivity contribution in [2.45, 2.75) is 44.6 Å². The van der Waals surface area contributed by atoms with Gasteiger partial charge in [-0.3, -0.25) is 9.48 Å². The molecule has 1 aromatic heterocycles. The second kappa shape index (κ2) is 6.89. The van der Waals surface area contributed by atoms with Crippen molar-refractivity contribution in [2.24, 2.45) is 13.0 Å². The number of nitrogens with one attached hydrogen (secondary N) is 1. The highest BCUT2D eigenvalue weighted by atomic mass is 16.3. The van der Waals surface area contributed by atoms with Gasteiger partial charge in [0.25, 0.3) is 0 Å². The monoisotopic (exact) mass is 291 g/mol. The average Bonchev–Trinajstić information content (AvgIpc) is 2.91. The van der Waals surface area contributed by atoms with Crippen LogP contribution in [0.1, 0.15) is 44.7 Å². The zero-order valence-corrected chi connectivity index (χ0v) is 12.9. The average molecular weight is 291 g/mol. The fourth-order valence-electron chi connectivity index (χ4n) is 3.04. The first-order chi connectivity index (χ1) is 10.0. The number of nitrogens with zero attached hydrogens (tertiary/aromatic N) is 2. The smallest absolute Gasteiger partial charge is 0.244 e. The fraction of sp³-hybridized carbons (Fsp3) is 0.625. The Morgan fingerprint density at radius 1 is 1.52 bits per heavy atom. The van der Waals surface area contributed by atoms with Gasteiger partial charge in [0.1, 0.15) is 0 Å². The van der Waals surface area contributed by atoms with Gasteiger partial charge >= 0.3 is 0 Å². The summed E-state index contributed by atoms with van der Waals surface area (Å²) in [7, 11) is 1.83. The third kappa shape index (κ3) is 3.94. The third-order valence-electron chi connectivity index (χ3n) is 4.51. The molecular formula is C16H25N3O2. The predicted molar refractivity (Wildman–Crippen MR) is 82.5 cm³/mol. The SMILES string of the molecule is Cn1nccc1/C=C/C(=O)N[C@](C)(CO)C1CCCCC1. The standard InChI is InChI=1S/C16H25N3O2/c1-16(12-20,13-6-4-3-5-7-13)18-15(21)9-8-14-10-11-17-19(14)2/h8-11,13,20H,3-7,12H2,1-2H3,(H,18,21)/b9-8+/t16-/m1/s1. The highest BCUT2D eigenvalue weighted by Gasteiger charge is 2.35. The van der Waals surface area contributed by atoms with Crippen LogP contribution in [-0.4, -0.2) is 32.9 Å². The molecule has 0 aliphatic heterocycles. The van der Waals surface area contributed by atoms with Crippen LogP contribution in [0.25, 0.3) is 6.08 Å². The van der Waals surface area contributed by atoms with Crippen molar-refractivity contribution in [3.63, 3.8) is 0 Å². The van der Waals surface area contributed by atoms with E-state index in [1.807, 2.05) is 20.0 Å². The van der Waals surface area contributed by atoms with Gasteiger partial charge in [-0.15, -0.1) is 0 Å². The summed E-state index contributed by atoms with van der Waals surface area (Å²) in [4.78, 5) is 12.1. The van der Waals surface area contributed by atoms with Crippen LogP contribution in [0.2, 0.25) is 0 Å². The molecule has 0 saturated heterocycles. The number of aromatic nitrogens is 2. The molecule has 116 valence electrons. The minimum atomic E-state index is -0.533. The van der Waals surface area contributed by atoms with Gasteiger partial charge in [-0.1, -0.05) is 19.3 Å². The number of carbonyl (C=O) groups is 1. The zero-order chi connectivity index (χ0) is 15.3. The number of rotatable bonds is 5. The van der Waals surface area contributed by atoms with Crippen molar-refractivity contribution in [3.05, 3.63) is 24.0 Å². The molecule has 1 aliphatic rings. The Balaban J connectivity index is 1.98. The minimum absolute atomic E-state index is 0.0248. The van der Waals surface area contributed by atoms with Crippen molar-refractivity contribution in [1.82, 2.24) is 15.1 Å². The van der Waals surface area contributed by atoms with E-state index < -0.39 is 5.54 Å². The van der Waals surface area contributed by atoms with E-state index in [4.69, 9.17) is 0 Å². The molecule has 0 radical (unpaired) electrons. The van der Waals surface area contributed by atoms with E-state index >= 15 is 0 Å². The topological polar surface area (TPSA) is 67.2 Å². The number of aryl methyl sites for hydroxylation is 1. The van der Waals surface area contributed by atoms with E-state index in [0.717, 1.165) is 18.5 Å². The van der Waals surface area contributed by atoms with Crippen LogP contribution in [0.4, 0.5) is 0 Å². The lowest BCUT2D eigenvalue weighted by Gasteiger charge is -2.39. The molecule has 21 heavy (non-hydrogen) atoms. The minimum Gasteiger partial charge on any atom is -0.394 e. The lowest BCUT2D eigenvalue weighted by atomic mass is 9.76. The largest absolute Gasteiger partial charge is 0.394 e. The summed E-state index contributed by atoms with van der Waals surface area (Å²) in [5.74, 6) is 0.184. The maximum absolute atomic E-state index is 12.1.